The van der Waals surface area contributed by atoms with Crippen molar-refractivity contribution in [2.24, 2.45) is 11.8 Å². The molecule has 7 nitrogen and oxygen atoms in total. The molecular formula is C19H34N4O3. The SMILES string of the molecule is CC[C@H](C)CNC(=O)c1coc(CN2CCN(C[C@@H](O)C(C)C)CC2)n1. The third-order valence-electron chi connectivity index (χ3n) is 5.13. The van der Waals surface area contributed by atoms with Gasteiger partial charge in [0.2, 0.25) is 5.89 Å². The van der Waals surface area contributed by atoms with Crippen molar-refractivity contribution in [3.8, 4) is 0 Å². The Morgan fingerprint density at radius 3 is 2.54 bits per heavy atom. The Morgan fingerprint density at radius 2 is 1.92 bits per heavy atom. The van der Waals surface area contributed by atoms with Gasteiger partial charge >= 0.3 is 0 Å². The number of aliphatic hydroxyl groups excluding tert-OH is 1. The summed E-state index contributed by atoms with van der Waals surface area (Å²) in [6, 6.07) is 0. The highest BCUT2D eigenvalue weighted by Crippen LogP contribution is 2.11. The van der Waals surface area contributed by atoms with Crippen LogP contribution in [-0.4, -0.2) is 71.2 Å². The molecule has 0 radical (unpaired) electrons. The normalized spacial score (nSPS) is 18.8. The van der Waals surface area contributed by atoms with E-state index < -0.39 is 0 Å². The molecular weight excluding hydrogens is 332 g/mol. The molecule has 2 heterocycles. The Kier molecular flexibility index (Phi) is 8.06. The molecule has 1 aliphatic rings. The summed E-state index contributed by atoms with van der Waals surface area (Å²) < 4.78 is 5.48. The zero-order valence-corrected chi connectivity index (χ0v) is 16.6. The smallest absolute Gasteiger partial charge is 0.273 e. The molecule has 1 aliphatic heterocycles. The predicted octanol–water partition coefficient (Wildman–Crippen LogP) is 1.58. The van der Waals surface area contributed by atoms with E-state index in [9.17, 15) is 9.90 Å². The van der Waals surface area contributed by atoms with Crippen LogP contribution in [0.3, 0.4) is 0 Å². The fraction of sp³-hybridized carbons (Fsp3) is 0.789. The summed E-state index contributed by atoms with van der Waals surface area (Å²) in [7, 11) is 0. The van der Waals surface area contributed by atoms with Crippen molar-refractivity contribution in [3.05, 3.63) is 17.8 Å². The molecule has 26 heavy (non-hydrogen) atoms. The van der Waals surface area contributed by atoms with Gasteiger partial charge in [-0.1, -0.05) is 34.1 Å². The number of oxazole rings is 1. The molecule has 1 saturated heterocycles. The van der Waals surface area contributed by atoms with Crippen LogP contribution in [0.1, 0.15) is 50.5 Å². The monoisotopic (exact) mass is 366 g/mol. The molecule has 1 aromatic rings. The van der Waals surface area contributed by atoms with Crippen LogP contribution in [0.4, 0.5) is 0 Å². The lowest BCUT2D eigenvalue weighted by atomic mass is 10.1. The molecule has 0 saturated carbocycles. The molecule has 1 amide bonds. The van der Waals surface area contributed by atoms with E-state index >= 15 is 0 Å². The number of β-amino-alcohol motifs (C(OH)–C–C–N with tert-alkyl or cyclic N) is 1. The van der Waals surface area contributed by atoms with Gasteiger partial charge < -0.3 is 14.8 Å². The van der Waals surface area contributed by atoms with Gasteiger partial charge in [-0.15, -0.1) is 0 Å². The highest BCUT2D eigenvalue weighted by molar-refractivity contribution is 5.91. The second kappa shape index (κ2) is 10.0. The number of aliphatic hydroxyl groups is 1. The van der Waals surface area contributed by atoms with Gasteiger partial charge in [-0.3, -0.25) is 14.6 Å². The van der Waals surface area contributed by atoms with E-state index in [1.165, 1.54) is 6.26 Å². The Balaban J connectivity index is 1.75. The van der Waals surface area contributed by atoms with E-state index in [1.54, 1.807) is 0 Å². The summed E-state index contributed by atoms with van der Waals surface area (Å²) in [5, 5.41) is 12.9. The molecule has 2 atom stereocenters. The molecule has 2 N–H and O–H groups in total. The third kappa shape index (κ3) is 6.37. The van der Waals surface area contributed by atoms with Crippen LogP contribution >= 0.6 is 0 Å². The van der Waals surface area contributed by atoms with Gasteiger partial charge in [0.25, 0.3) is 5.91 Å². The van der Waals surface area contributed by atoms with Gasteiger partial charge in [0.15, 0.2) is 5.69 Å². The number of carbonyl (C=O) groups is 1. The predicted molar refractivity (Wildman–Crippen MR) is 101 cm³/mol. The van der Waals surface area contributed by atoms with Crippen LogP contribution in [0, 0.1) is 11.8 Å². The molecule has 0 unspecified atom stereocenters. The minimum absolute atomic E-state index is 0.173. The van der Waals surface area contributed by atoms with E-state index in [-0.39, 0.29) is 17.9 Å². The number of hydrogen-bond acceptors (Lipinski definition) is 6. The summed E-state index contributed by atoms with van der Waals surface area (Å²) in [5.41, 5.74) is 0.349. The maximum absolute atomic E-state index is 12.1. The highest BCUT2D eigenvalue weighted by Gasteiger charge is 2.22. The highest BCUT2D eigenvalue weighted by atomic mass is 16.3. The molecule has 2 rings (SSSR count). The number of amides is 1. The first-order valence-electron chi connectivity index (χ1n) is 9.74. The minimum Gasteiger partial charge on any atom is -0.447 e. The lowest BCUT2D eigenvalue weighted by Gasteiger charge is -2.35. The Hall–Kier alpha value is -1.44. The number of aromatic nitrogens is 1. The van der Waals surface area contributed by atoms with Crippen LogP contribution < -0.4 is 5.32 Å². The van der Waals surface area contributed by atoms with E-state index in [0.29, 0.717) is 30.6 Å². The summed E-state index contributed by atoms with van der Waals surface area (Å²) in [5.74, 6) is 1.14. The summed E-state index contributed by atoms with van der Waals surface area (Å²) in [6.07, 6.45) is 2.20. The number of nitrogens with zero attached hydrogens (tertiary/aromatic N) is 3. The molecule has 7 heteroatoms. The topological polar surface area (TPSA) is 81.8 Å². The van der Waals surface area contributed by atoms with Crippen molar-refractivity contribution in [2.75, 3.05) is 39.3 Å². The van der Waals surface area contributed by atoms with Crippen molar-refractivity contribution in [3.63, 3.8) is 0 Å². The second-order valence-corrected chi connectivity index (χ2v) is 7.74. The average Bonchev–Trinajstić information content (AvgIpc) is 3.09. The van der Waals surface area contributed by atoms with Crippen LogP contribution in [0.5, 0.6) is 0 Å². The summed E-state index contributed by atoms with van der Waals surface area (Å²) in [4.78, 5) is 21.0. The lowest BCUT2D eigenvalue weighted by molar-refractivity contribution is 0.0463. The van der Waals surface area contributed by atoms with Crippen LogP contribution in [0.15, 0.2) is 10.7 Å². The number of piperazine rings is 1. The molecule has 1 aromatic heterocycles. The largest absolute Gasteiger partial charge is 0.447 e. The maximum atomic E-state index is 12.1. The van der Waals surface area contributed by atoms with Crippen LogP contribution in [-0.2, 0) is 6.54 Å². The van der Waals surface area contributed by atoms with Gasteiger partial charge in [-0.05, 0) is 11.8 Å². The summed E-state index contributed by atoms with van der Waals surface area (Å²) >= 11 is 0. The molecule has 0 bridgehead atoms. The van der Waals surface area contributed by atoms with Crippen LogP contribution in [0.25, 0.3) is 0 Å². The van der Waals surface area contributed by atoms with E-state index in [4.69, 9.17) is 4.42 Å². The second-order valence-electron chi connectivity index (χ2n) is 7.74. The Morgan fingerprint density at radius 1 is 1.27 bits per heavy atom. The number of carbonyl (C=O) groups excluding carboxylic acids is 1. The quantitative estimate of drug-likeness (QED) is 0.691. The fourth-order valence-electron chi connectivity index (χ4n) is 2.79. The maximum Gasteiger partial charge on any atom is 0.273 e. The number of hydrogen-bond donors (Lipinski definition) is 2. The molecule has 0 aromatic carbocycles. The first kappa shape index (κ1) is 20.9. The first-order valence-corrected chi connectivity index (χ1v) is 9.74. The Bertz CT molecular complexity index is 553. The third-order valence-corrected chi connectivity index (χ3v) is 5.13. The minimum atomic E-state index is -0.273. The van der Waals surface area contributed by atoms with E-state index in [0.717, 1.165) is 39.1 Å². The number of nitrogens with one attached hydrogen (secondary N) is 1. The van der Waals surface area contributed by atoms with Crippen molar-refractivity contribution < 1.29 is 14.3 Å². The fourth-order valence-corrected chi connectivity index (χ4v) is 2.79. The van der Waals surface area contributed by atoms with Crippen LogP contribution in [0.2, 0.25) is 0 Å². The summed E-state index contributed by atoms with van der Waals surface area (Å²) in [6.45, 7) is 13.9. The lowest BCUT2D eigenvalue weighted by Crippen LogP contribution is -2.48. The number of rotatable bonds is 9. The molecule has 1 fully saturated rings. The standard InChI is InChI=1S/C19H34N4O3/c1-5-15(4)10-20-19(25)16-13-26-18(21-16)12-23-8-6-22(7-9-23)11-17(24)14(2)3/h13-15,17,24H,5-12H2,1-4H3,(H,20,25)/t15-,17+/m0/s1. The van der Waals surface area contributed by atoms with Gasteiger partial charge in [0.05, 0.1) is 12.6 Å². The van der Waals surface area contributed by atoms with E-state index in [2.05, 4.69) is 33.9 Å². The van der Waals surface area contributed by atoms with Crippen molar-refractivity contribution in [2.45, 2.75) is 46.8 Å². The van der Waals surface area contributed by atoms with Crippen molar-refractivity contribution in [1.29, 1.82) is 0 Å². The van der Waals surface area contributed by atoms with Gasteiger partial charge in [-0.25, -0.2) is 4.98 Å². The van der Waals surface area contributed by atoms with Gasteiger partial charge in [0.1, 0.15) is 6.26 Å². The molecule has 148 valence electrons. The first-order chi connectivity index (χ1) is 12.4. The average molecular weight is 367 g/mol. The van der Waals surface area contributed by atoms with E-state index in [1.807, 2.05) is 13.8 Å². The zero-order chi connectivity index (χ0) is 19.1. The zero-order valence-electron chi connectivity index (χ0n) is 16.6. The molecule has 0 spiro atoms. The van der Waals surface area contributed by atoms with Crippen molar-refractivity contribution in [1.82, 2.24) is 20.1 Å². The Labute approximate surface area is 156 Å². The molecule has 0 aliphatic carbocycles. The van der Waals surface area contributed by atoms with Gasteiger partial charge in [-0.2, -0.15) is 0 Å². The van der Waals surface area contributed by atoms with Gasteiger partial charge in [0, 0.05) is 39.3 Å². The van der Waals surface area contributed by atoms with Crippen molar-refractivity contribution >= 4 is 5.91 Å².